The molecule has 1 aromatic rings. The van der Waals surface area contributed by atoms with Gasteiger partial charge in [0.25, 0.3) is 11.8 Å². The van der Waals surface area contributed by atoms with Crippen molar-refractivity contribution in [2.24, 2.45) is 0 Å². The molecule has 1 saturated heterocycles. The molecule has 0 spiro atoms. The van der Waals surface area contributed by atoms with Gasteiger partial charge in [-0.15, -0.1) is 11.8 Å². The van der Waals surface area contributed by atoms with Crippen LogP contribution in [0.1, 0.15) is 18.1 Å². The summed E-state index contributed by atoms with van der Waals surface area (Å²) in [6, 6.07) is 7.30. The number of rotatable bonds is 6. The zero-order chi connectivity index (χ0) is 20.4. The number of aliphatic hydroxyl groups is 1. The number of β-lactam (4-membered cyclic amide) rings is 1. The second-order valence-corrected chi connectivity index (χ2v) is 7.32. The predicted molar refractivity (Wildman–Crippen MR) is 97.7 cm³/mol. The number of aliphatic carboxylic acids is 1. The highest BCUT2D eigenvalue weighted by Crippen LogP contribution is 2.41. The quantitative estimate of drug-likeness (QED) is 0.445. The first-order valence-electron chi connectivity index (χ1n) is 8.35. The van der Waals surface area contributed by atoms with E-state index >= 15 is 0 Å². The number of hydrogen-bond acceptors (Lipinski definition) is 7. The third kappa shape index (κ3) is 3.60. The normalized spacial score (nSPS) is 22.1. The van der Waals surface area contributed by atoms with Crippen molar-refractivity contribution in [2.45, 2.75) is 23.9 Å². The molecule has 1 fully saturated rings. The molecule has 0 unspecified atom stereocenters. The smallest absolute Gasteiger partial charge is 0.352 e. The van der Waals surface area contributed by atoms with Gasteiger partial charge in [-0.2, -0.15) is 0 Å². The van der Waals surface area contributed by atoms with Crippen LogP contribution in [0.5, 0.6) is 0 Å². The number of nitrogens with zero attached hydrogens (tertiary/aromatic N) is 1. The minimum Gasteiger partial charge on any atom is -0.477 e. The van der Waals surface area contributed by atoms with Crippen molar-refractivity contribution in [3.8, 4) is 0 Å². The number of ether oxygens (including phenoxy) is 1. The predicted octanol–water partition coefficient (Wildman–Crippen LogP) is 0.0217. The summed E-state index contributed by atoms with van der Waals surface area (Å²) in [6.45, 7) is 0. The summed E-state index contributed by atoms with van der Waals surface area (Å²) in [7, 11) is 1.19. The molecular weight excluding hydrogens is 388 g/mol. The Bertz CT molecular complexity index is 855. The number of amides is 2. The van der Waals surface area contributed by atoms with E-state index in [1.807, 2.05) is 0 Å². The number of benzene rings is 1. The molecule has 28 heavy (non-hydrogen) atoms. The van der Waals surface area contributed by atoms with E-state index < -0.39 is 41.3 Å². The maximum absolute atomic E-state index is 12.5. The van der Waals surface area contributed by atoms with Crippen LogP contribution in [0.2, 0.25) is 0 Å². The lowest BCUT2D eigenvalue weighted by molar-refractivity contribution is -0.152. The van der Waals surface area contributed by atoms with Crippen molar-refractivity contribution >= 4 is 35.5 Å². The third-order valence-corrected chi connectivity index (χ3v) is 5.84. The minimum atomic E-state index is -1.44. The summed E-state index contributed by atoms with van der Waals surface area (Å²) >= 11 is 1.24. The molecule has 10 heteroatoms. The first-order chi connectivity index (χ1) is 13.3. The maximum Gasteiger partial charge on any atom is 0.352 e. The number of carbonyl (C=O) groups excluding carboxylic acids is 3. The van der Waals surface area contributed by atoms with E-state index in [0.29, 0.717) is 5.56 Å². The van der Waals surface area contributed by atoms with Gasteiger partial charge in [0.1, 0.15) is 17.1 Å². The number of fused-ring (bicyclic) bond motifs is 1. The minimum absolute atomic E-state index is 0.207. The van der Waals surface area contributed by atoms with E-state index in [4.69, 9.17) is 0 Å². The topological polar surface area (TPSA) is 133 Å². The molecule has 2 aliphatic rings. The van der Waals surface area contributed by atoms with Crippen LogP contribution in [0, 0.1) is 0 Å². The van der Waals surface area contributed by atoms with Crippen LogP contribution in [0.4, 0.5) is 0 Å². The Labute approximate surface area is 164 Å². The Kier molecular flexibility index (Phi) is 5.71. The van der Waals surface area contributed by atoms with Crippen molar-refractivity contribution in [1.29, 1.82) is 0 Å². The first-order valence-corrected chi connectivity index (χ1v) is 9.40. The summed E-state index contributed by atoms with van der Waals surface area (Å²) in [6.07, 6.45) is -1.67. The molecule has 3 N–H and O–H groups in total. The Balaban J connectivity index is 1.74. The summed E-state index contributed by atoms with van der Waals surface area (Å²) in [5.41, 5.74) is 0.405. The summed E-state index contributed by atoms with van der Waals surface area (Å²) in [5.74, 6) is -3.07. The van der Waals surface area contributed by atoms with E-state index in [-0.39, 0.29) is 23.4 Å². The van der Waals surface area contributed by atoms with Gasteiger partial charge in [0.2, 0.25) is 0 Å². The van der Waals surface area contributed by atoms with Crippen molar-refractivity contribution in [1.82, 2.24) is 10.2 Å². The van der Waals surface area contributed by atoms with E-state index in [0.717, 1.165) is 4.90 Å². The van der Waals surface area contributed by atoms with Gasteiger partial charge in [0.05, 0.1) is 13.5 Å². The van der Waals surface area contributed by atoms with E-state index in [2.05, 4.69) is 10.1 Å². The van der Waals surface area contributed by atoms with E-state index in [1.165, 1.54) is 18.9 Å². The average Bonchev–Trinajstić information content (AvgIpc) is 2.71. The molecule has 2 amide bonds. The average molecular weight is 406 g/mol. The molecule has 1 aromatic carbocycles. The molecular formula is C18H18N2O7S. The van der Waals surface area contributed by atoms with Gasteiger partial charge < -0.3 is 20.3 Å². The number of esters is 1. The van der Waals surface area contributed by atoms with Crippen LogP contribution in [0.15, 0.2) is 41.6 Å². The number of methoxy groups -OCH3 is 1. The molecule has 0 aliphatic carbocycles. The van der Waals surface area contributed by atoms with Crippen LogP contribution in [-0.4, -0.2) is 63.1 Å². The monoisotopic (exact) mass is 406 g/mol. The second-order valence-electron chi connectivity index (χ2n) is 6.22. The fourth-order valence-electron chi connectivity index (χ4n) is 3.08. The molecule has 3 atom stereocenters. The number of hydrogen-bond donors (Lipinski definition) is 3. The van der Waals surface area contributed by atoms with Crippen molar-refractivity contribution < 1.29 is 34.1 Å². The fraction of sp³-hybridized carbons (Fsp3) is 0.333. The van der Waals surface area contributed by atoms with Crippen molar-refractivity contribution in [3.05, 3.63) is 47.2 Å². The van der Waals surface area contributed by atoms with Gasteiger partial charge in [-0.3, -0.25) is 19.3 Å². The van der Waals surface area contributed by atoms with Crippen molar-refractivity contribution in [2.75, 3.05) is 12.9 Å². The molecule has 3 rings (SSSR count). The highest BCUT2D eigenvalue weighted by atomic mass is 32.2. The van der Waals surface area contributed by atoms with E-state index in [1.54, 1.807) is 30.3 Å². The number of carboxylic acids is 1. The first kappa shape index (κ1) is 19.9. The van der Waals surface area contributed by atoms with Crippen LogP contribution in [-0.2, 0) is 23.9 Å². The molecule has 0 radical (unpaired) electrons. The van der Waals surface area contributed by atoms with Gasteiger partial charge in [-0.25, -0.2) is 4.79 Å². The highest BCUT2D eigenvalue weighted by molar-refractivity contribution is 8.00. The number of carboxylic acid groups (broad SMARTS) is 1. The number of nitrogens with one attached hydrogen (secondary N) is 1. The van der Waals surface area contributed by atoms with Crippen LogP contribution in [0.3, 0.4) is 0 Å². The lowest BCUT2D eigenvalue weighted by Crippen LogP contribution is -2.70. The van der Waals surface area contributed by atoms with Gasteiger partial charge in [0, 0.05) is 5.75 Å². The lowest BCUT2D eigenvalue weighted by Gasteiger charge is -2.49. The lowest BCUT2D eigenvalue weighted by atomic mass is 10.0. The molecule has 0 aromatic heterocycles. The van der Waals surface area contributed by atoms with Gasteiger partial charge >= 0.3 is 11.9 Å². The zero-order valence-corrected chi connectivity index (χ0v) is 15.6. The fourth-order valence-corrected chi connectivity index (χ4v) is 4.43. The number of aliphatic hydroxyl groups excluding tert-OH is 1. The maximum atomic E-state index is 12.5. The molecule has 0 saturated carbocycles. The molecule has 2 heterocycles. The number of carbonyl (C=O) groups is 4. The van der Waals surface area contributed by atoms with Crippen LogP contribution >= 0.6 is 11.8 Å². The molecule has 0 bridgehead atoms. The number of thioether (sulfide) groups is 1. The Hall–Kier alpha value is -2.85. The zero-order valence-electron chi connectivity index (χ0n) is 14.8. The Morgan fingerprint density at radius 3 is 2.61 bits per heavy atom. The third-order valence-electron chi connectivity index (χ3n) is 4.50. The Morgan fingerprint density at radius 1 is 1.32 bits per heavy atom. The standard InChI is InChI=1S/C18H18N2O7S/c1-27-11(21)7-10-8-28-17-12(16(24)20(17)13(10)18(25)26)19-15(23)14(22)9-5-3-2-4-6-9/h2-6,12,14,17,22H,7-8H2,1H3,(H,19,23)(H,25,26)/t12-,14-,17-/m1/s1. The van der Waals surface area contributed by atoms with Gasteiger partial charge in [-0.1, -0.05) is 30.3 Å². The summed E-state index contributed by atoms with van der Waals surface area (Å²) in [5, 5.41) is 21.5. The molecule has 148 valence electrons. The summed E-state index contributed by atoms with van der Waals surface area (Å²) < 4.78 is 4.57. The van der Waals surface area contributed by atoms with Gasteiger partial charge in [-0.05, 0) is 11.1 Å². The second kappa shape index (κ2) is 8.03. The summed E-state index contributed by atoms with van der Waals surface area (Å²) in [4.78, 5) is 49.0. The van der Waals surface area contributed by atoms with Crippen LogP contribution in [0.25, 0.3) is 0 Å². The largest absolute Gasteiger partial charge is 0.477 e. The van der Waals surface area contributed by atoms with Crippen LogP contribution < -0.4 is 5.32 Å². The van der Waals surface area contributed by atoms with Crippen molar-refractivity contribution in [3.63, 3.8) is 0 Å². The Morgan fingerprint density at radius 2 is 2.00 bits per heavy atom. The molecule has 9 nitrogen and oxygen atoms in total. The SMILES string of the molecule is COC(=O)CC1=C(C(=O)O)N2C(=O)[C@@H](NC(=O)[C@H](O)c3ccccc3)[C@H]2SC1. The highest BCUT2D eigenvalue weighted by Gasteiger charge is 2.54. The van der Waals surface area contributed by atoms with Gasteiger partial charge in [0.15, 0.2) is 6.10 Å². The van der Waals surface area contributed by atoms with E-state index in [9.17, 15) is 29.4 Å². The molecule has 2 aliphatic heterocycles.